The van der Waals surface area contributed by atoms with E-state index in [9.17, 15) is 27.9 Å². The molecule has 2 aliphatic rings. The lowest BCUT2D eigenvalue weighted by Gasteiger charge is -2.41. The molecule has 26 heavy (non-hydrogen) atoms. The fourth-order valence-corrected chi connectivity index (χ4v) is 3.04. The van der Waals surface area contributed by atoms with Gasteiger partial charge in [0, 0.05) is 19.0 Å². The van der Waals surface area contributed by atoms with Crippen LogP contribution in [0.15, 0.2) is 0 Å². The molecule has 8 nitrogen and oxygen atoms in total. The van der Waals surface area contributed by atoms with E-state index in [1.165, 1.54) is 4.90 Å². The first-order valence-electron chi connectivity index (χ1n) is 7.97. The number of alkyl halides is 3. The molecule has 0 aliphatic carbocycles. The van der Waals surface area contributed by atoms with Crippen LogP contribution in [-0.4, -0.2) is 57.1 Å². The Balaban J connectivity index is 1.83. The maximum Gasteiger partial charge on any atom is 0.422 e. The normalized spacial score (nSPS) is 24.0. The van der Waals surface area contributed by atoms with Gasteiger partial charge in [-0.1, -0.05) is 0 Å². The quantitative estimate of drug-likeness (QED) is 0.693. The zero-order valence-corrected chi connectivity index (χ0v) is 14.4. The number of carbonyl (C=O) groups excluding carboxylic acids is 2. The largest absolute Gasteiger partial charge is 0.444 e. The Morgan fingerprint density at radius 2 is 1.96 bits per heavy atom. The summed E-state index contributed by atoms with van der Waals surface area (Å²) in [7, 11) is 0. The Hall–Kier alpha value is -2.30. The van der Waals surface area contributed by atoms with Gasteiger partial charge in [0.05, 0.1) is 17.7 Å². The van der Waals surface area contributed by atoms with Crippen LogP contribution >= 0.6 is 0 Å². The molecule has 0 saturated carbocycles. The summed E-state index contributed by atoms with van der Waals surface area (Å²) in [4.78, 5) is 24.8. The number of aromatic nitrogens is 2. The number of rotatable bonds is 1. The van der Waals surface area contributed by atoms with Crippen LogP contribution in [0.5, 0.6) is 0 Å². The zero-order valence-electron chi connectivity index (χ0n) is 14.4. The van der Waals surface area contributed by atoms with Crippen LogP contribution < -0.4 is 5.32 Å². The van der Waals surface area contributed by atoms with E-state index in [1.54, 1.807) is 20.8 Å². The van der Waals surface area contributed by atoms with E-state index in [-0.39, 0.29) is 24.6 Å². The Kier molecular flexibility index (Phi) is 3.98. The van der Waals surface area contributed by atoms with Gasteiger partial charge in [-0.05, 0) is 20.8 Å². The van der Waals surface area contributed by atoms with Crippen molar-refractivity contribution < 1.29 is 32.6 Å². The fourth-order valence-electron chi connectivity index (χ4n) is 3.04. The number of amides is 2. The van der Waals surface area contributed by atoms with Gasteiger partial charge in [-0.2, -0.15) is 18.3 Å². The number of aliphatic hydroxyl groups is 1. The van der Waals surface area contributed by atoms with Gasteiger partial charge >= 0.3 is 12.3 Å². The molecule has 3 N–H and O–H groups in total. The van der Waals surface area contributed by atoms with E-state index in [0.717, 1.165) is 0 Å². The average molecular weight is 376 g/mol. The molecule has 144 valence electrons. The molecule has 0 bridgehead atoms. The van der Waals surface area contributed by atoms with Crippen LogP contribution in [0.4, 0.5) is 23.8 Å². The van der Waals surface area contributed by atoms with E-state index in [2.05, 4.69) is 15.5 Å². The molecule has 11 heteroatoms. The SMILES string of the molecule is CC(C)(C)OC(=O)N1CC(c2[nH]nc3c2C(O)(C(F)(F)F)CC(=O)N3)C1. The summed E-state index contributed by atoms with van der Waals surface area (Å²) in [6, 6.07) is 0. The summed E-state index contributed by atoms with van der Waals surface area (Å²) >= 11 is 0. The van der Waals surface area contributed by atoms with E-state index in [4.69, 9.17) is 4.74 Å². The third kappa shape index (κ3) is 3.00. The van der Waals surface area contributed by atoms with Crippen LogP contribution in [0.2, 0.25) is 0 Å². The molecule has 1 aromatic heterocycles. The number of aromatic amines is 1. The van der Waals surface area contributed by atoms with E-state index >= 15 is 0 Å². The zero-order chi connectivity index (χ0) is 19.5. The van der Waals surface area contributed by atoms with Crippen molar-refractivity contribution in [1.82, 2.24) is 15.1 Å². The highest BCUT2D eigenvalue weighted by atomic mass is 19.4. The van der Waals surface area contributed by atoms with Crippen LogP contribution in [0.1, 0.15) is 44.4 Å². The monoisotopic (exact) mass is 376 g/mol. The third-order valence-electron chi connectivity index (χ3n) is 4.29. The van der Waals surface area contributed by atoms with Crippen molar-refractivity contribution in [3.8, 4) is 0 Å². The molecule has 1 unspecified atom stereocenters. The first-order chi connectivity index (χ1) is 11.8. The van der Waals surface area contributed by atoms with Crippen molar-refractivity contribution in [2.75, 3.05) is 18.4 Å². The molecule has 1 aromatic rings. The summed E-state index contributed by atoms with van der Waals surface area (Å²) in [5.74, 6) is -1.80. The first kappa shape index (κ1) is 18.5. The maximum atomic E-state index is 13.5. The van der Waals surface area contributed by atoms with Gasteiger partial charge in [0.15, 0.2) is 11.4 Å². The molecule has 0 spiro atoms. The molecule has 1 atom stereocenters. The Labute approximate surface area is 146 Å². The van der Waals surface area contributed by atoms with Gasteiger partial charge in [-0.15, -0.1) is 0 Å². The molecule has 1 fully saturated rings. The number of hydrogen-bond donors (Lipinski definition) is 3. The minimum Gasteiger partial charge on any atom is -0.444 e. The molecule has 2 aliphatic heterocycles. The molecular weight excluding hydrogens is 357 g/mol. The van der Waals surface area contributed by atoms with Gasteiger partial charge in [0.2, 0.25) is 5.91 Å². The van der Waals surface area contributed by atoms with Crippen molar-refractivity contribution in [2.45, 2.75) is 50.5 Å². The number of nitrogens with one attached hydrogen (secondary N) is 2. The fraction of sp³-hybridized carbons (Fsp3) is 0.667. The smallest absolute Gasteiger partial charge is 0.422 e. The molecule has 0 radical (unpaired) electrons. The number of fused-ring (bicyclic) bond motifs is 1. The lowest BCUT2D eigenvalue weighted by molar-refractivity contribution is -0.267. The Morgan fingerprint density at radius 1 is 1.35 bits per heavy atom. The molecule has 1 saturated heterocycles. The van der Waals surface area contributed by atoms with Crippen LogP contribution in [0, 0.1) is 0 Å². The summed E-state index contributed by atoms with van der Waals surface area (Å²) in [6.45, 7) is 5.36. The number of nitrogens with zero attached hydrogens (tertiary/aromatic N) is 2. The van der Waals surface area contributed by atoms with Crippen LogP contribution in [0.25, 0.3) is 0 Å². The molecule has 3 rings (SSSR count). The first-order valence-corrected chi connectivity index (χ1v) is 7.97. The summed E-state index contributed by atoms with van der Waals surface area (Å²) in [5.41, 5.74) is -4.44. The number of carbonyl (C=O) groups is 2. The number of H-pyrrole nitrogens is 1. The van der Waals surface area contributed by atoms with Crippen LogP contribution in [-0.2, 0) is 15.1 Å². The lowest BCUT2D eigenvalue weighted by Crippen LogP contribution is -2.52. The van der Waals surface area contributed by atoms with Gasteiger partial charge in [-0.25, -0.2) is 4.79 Å². The second-order valence-corrected chi connectivity index (χ2v) is 7.53. The topological polar surface area (TPSA) is 108 Å². The summed E-state index contributed by atoms with van der Waals surface area (Å²) in [6.07, 6.45) is -6.76. The highest BCUT2D eigenvalue weighted by molar-refractivity contribution is 5.94. The molecular formula is C15H19F3N4O4. The maximum absolute atomic E-state index is 13.5. The Morgan fingerprint density at radius 3 is 2.50 bits per heavy atom. The molecule has 3 heterocycles. The van der Waals surface area contributed by atoms with Gasteiger partial charge in [0.25, 0.3) is 0 Å². The predicted octanol–water partition coefficient (Wildman–Crippen LogP) is 1.84. The van der Waals surface area contributed by atoms with Gasteiger partial charge in [0.1, 0.15) is 5.60 Å². The second-order valence-electron chi connectivity index (χ2n) is 7.53. The van der Waals surface area contributed by atoms with Crippen LogP contribution in [0.3, 0.4) is 0 Å². The van der Waals surface area contributed by atoms with E-state index in [0.29, 0.717) is 0 Å². The predicted molar refractivity (Wildman–Crippen MR) is 82.3 cm³/mol. The third-order valence-corrected chi connectivity index (χ3v) is 4.29. The minimum atomic E-state index is -5.05. The Bertz CT molecular complexity index is 749. The number of halogens is 3. The van der Waals surface area contributed by atoms with Crippen molar-refractivity contribution in [1.29, 1.82) is 0 Å². The standard InChI is InChI=1S/C15H19F3N4O4/c1-13(2,3)26-12(24)22-5-7(6-22)10-9-11(21-20-10)19-8(23)4-14(9,25)15(16,17)18/h7,25H,4-6H2,1-3H3,(H2,19,20,21,23). The number of hydrogen-bond acceptors (Lipinski definition) is 5. The van der Waals surface area contributed by atoms with Crippen molar-refractivity contribution in [2.24, 2.45) is 0 Å². The lowest BCUT2D eigenvalue weighted by atomic mass is 9.81. The summed E-state index contributed by atoms with van der Waals surface area (Å²) in [5, 5.41) is 18.6. The number of anilines is 1. The highest BCUT2D eigenvalue weighted by Gasteiger charge is 2.61. The second kappa shape index (κ2) is 5.60. The van der Waals surface area contributed by atoms with E-state index in [1.807, 2.05) is 0 Å². The highest BCUT2D eigenvalue weighted by Crippen LogP contribution is 2.49. The van der Waals surface area contributed by atoms with Crippen molar-refractivity contribution in [3.05, 3.63) is 11.3 Å². The average Bonchev–Trinajstić information content (AvgIpc) is 2.77. The van der Waals surface area contributed by atoms with Gasteiger partial charge < -0.3 is 20.1 Å². The number of likely N-dealkylation sites (tertiary alicyclic amines) is 1. The van der Waals surface area contributed by atoms with Gasteiger partial charge in [-0.3, -0.25) is 9.89 Å². The van der Waals surface area contributed by atoms with Crippen molar-refractivity contribution >= 4 is 17.8 Å². The van der Waals surface area contributed by atoms with E-state index < -0.39 is 47.3 Å². The van der Waals surface area contributed by atoms with Crippen molar-refractivity contribution in [3.63, 3.8) is 0 Å². The number of ether oxygens (including phenoxy) is 1. The minimum absolute atomic E-state index is 0.0552. The molecule has 2 amide bonds. The summed E-state index contributed by atoms with van der Waals surface area (Å²) < 4.78 is 45.6. The molecule has 0 aromatic carbocycles.